The molecule has 1 unspecified atom stereocenters. The van der Waals surface area contributed by atoms with E-state index >= 15 is 0 Å². The number of rotatable bonds is 6. The first-order chi connectivity index (χ1) is 13.1. The zero-order valence-electron chi connectivity index (χ0n) is 15.1. The van der Waals surface area contributed by atoms with Crippen LogP contribution in [0.15, 0.2) is 34.7 Å². The molecule has 1 aliphatic rings. The molecule has 3 N–H and O–H groups in total. The number of hydrogen-bond acceptors (Lipinski definition) is 7. The van der Waals surface area contributed by atoms with Crippen molar-refractivity contribution >= 4 is 45.9 Å². The average Bonchev–Trinajstić information content (AvgIpc) is 3.10. The van der Waals surface area contributed by atoms with Crippen molar-refractivity contribution in [2.24, 2.45) is 0 Å². The fourth-order valence-electron chi connectivity index (χ4n) is 2.84. The Bertz CT molecular complexity index is 762. The number of carbonyl (C=O) groups excluding carboxylic acids is 2. The van der Waals surface area contributed by atoms with E-state index in [0.29, 0.717) is 16.1 Å². The summed E-state index contributed by atoms with van der Waals surface area (Å²) in [6, 6.07) is 8.90. The van der Waals surface area contributed by atoms with Crippen LogP contribution in [0.25, 0.3) is 0 Å². The van der Waals surface area contributed by atoms with Crippen LogP contribution >= 0.6 is 23.1 Å². The summed E-state index contributed by atoms with van der Waals surface area (Å²) in [6.45, 7) is 1.74. The number of benzene rings is 1. The number of carbonyl (C=O) groups is 2. The van der Waals surface area contributed by atoms with Crippen molar-refractivity contribution in [2.45, 2.75) is 54.7 Å². The first-order valence-corrected chi connectivity index (χ1v) is 10.7. The quantitative estimate of drug-likeness (QED) is 0.626. The van der Waals surface area contributed by atoms with Gasteiger partial charge in [0.05, 0.1) is 5.25 Å². The van der Waals surface area contributed by atoms with Crippen molar-refractivity contribution in [1.82, 2.24) is 15.5 Å². The Kier molecular flexibility index (Phi) is 7.05. The normalized spacial score (nSPS) is 15.7. The monoisotopic (exact) mass is 405 g/mol. The van der Waals surface area contributed by atoms with E-state index < -0.39 is 11.3 Å². The van der Waals surface area contributed by atoms with Crippen LogP contribution in [0.5, 0.6) is 0 Å². The van der Waals surface area contributed by atoms with Crippen molar-refractivity contribution in [1.29, 1.82) is 0 Å². The lowest BCUT2D eigenvalue weighted by molar-refractivity contribution is -0.119. The number of nitrogens with one attached hydrogen (secondary N) is 3. The summed E-state index contributed by atoms with van der Waals surface area (Å²) < 4.78 is 0.708. The maximum atomic E-state index is 12.2. The molecular weight excluding hydrogens is 382 g/mol. The van der Waals surface area contributed by atoms with Gasteiger partial charge in [0.2, 0.25) is 11.0 Å². The Morgan fingerprint density at radius 2 is 1.89 bits per heavy atom. The standard InChI is InChI=1S/C18H23N5O2S2/c1-12(15(24)21-16(25)19-13-8-4-2-5-9-13)26-18-23-22-17(27-18)20-14-10-6-3-7-11-14/h2,4-5,8-9,12,14H,3,6-7,10-11H2,1H3,(H,20,22)(H2,19,21,24,25). The molecule has 3 amide bonds. The number of amides is 3. The first kappa shape index (κ1) is 19.6. The Labute approximate surface area is 166 Å². The van der Waals surface area contributed by atoms with Gasteiger partial charge in [0, 0.05) is 11.7 Å². The second-order valence-electron chi connectivity index (χ2n) is 6.42. The number of imide groups is 1. The summed E-state index contributed by atoms with van der Waals surface area (Å²) >= 11 is 2.74. The van der Waals surface area contributed by atoms with Gasteiger partial charge in [-0.15, -0.1) is 10.2 Å². The van der Waals surface area contributed by atoms with Crippen molar-refractivity contribution in [3.8, 4) is 0 Å². The van der Waals surface area contributed by atoms with Crippen molar-refractivity contribution in [2.75, 3.05) is 10.6 Å². The molecule has 144 valence electrons. The number of thioether (sulfide) groups is 1. The fraction of sp³-hybridized carbons (Fsp3) is 0.444. The Morgan fingerprint density at radius 3 is 2.63 bits per heavy atom. The van der Waals surface area contributed by atoms with E-state index in [1.54, 1.807) is 19.1 Å². The predicted octanol–water partition coefficient (Wildman–Crippen LogP) is 4.11. The van der Waals surface area contributed by atoms with Gasteiger partial charge in [-0.1, -0.05) is 60.6 Å². The Hall–Kier alpha value is -2.13. The van der Waals surface area contributed by atoms with Gasteiger partial charge in [-0.05, 0) is 31.9 Å². The largest absolute Gasteiger partial charge is 0.357 e. The van der Waals surface area contributed by atoms with E-state index in [1.807, 2.05) is 18.2 Å². The molecule has 7 nitrogen and oxygen atoms in total. The Balaban J connectivity index is 1.45. The van der Waals surface area contributed by atoms with E-state index in [2.05, 4.69) is 26.1 Å². The third-order valence-corrected chi connectivity index (χ3v) is 6.29. The molecule has 1 aromatic heterocycles. The second-order valence-corrected chi connectivity index (χ2v) is 8.99. The van der Waals surface area contributed by atoms with E-state index in [9.17, 15) is 9.59 Å². The van der Waals surface area contributed by atoms with E-state index in [-0.39, 0.29) is 5.91 Å². The Morgan fingerprint density at radius 1 is 1.15 bits per heavy atom. The number of para-hydroxylation sites is 1. The van der Waals surface area contributed by atoms with Gasteiger partial charge >= 0.3 is 6.03 Å². The van der Waals surface area contributed by atoms with E-state index in [4.69, 9.17) is 0 Å². The second kappa shape index (κ2) is 9.70. The molecule has 1 aromatic carbocycles. The summed E-state index contributed by atoms with van der Waals surface area (Å²) in [7, 11) is 0. The number of urea groups is 1. The molecule has 0 spiro atoms. The fourth-order valence-corrected chi connectivity index (χ4v) is 4.81. The van der Waals surface area contributed by atoms with Crippen LogP contribution in [0.1, 0.15) is 39.0 Å². The third kappa shape index (κ3) is 6.21. The topological polar surface area (TPSA) is 96.0 Å². The third-order valence-electron chi connectivity index (χ3n) is 4.25. The number of aromatic nitrogens is 2. The molecule has 27 heavy (non-hydrogen) atoms. The minimum atomic E-state index is -0.546. The predicted molar refractivity (Wildman–Crippen MR) is 109 cm³/mol. The number of nitrogens with zero attached hydrogens (tertiary/aromatic N) is 2. The lowest BCUT2D eigenvalue weighted by atomic mass is 9.96. The minimum Gasteiger partial charge on any atom is -0.357 e. The summed E-state index contributed by atoms with van der Waals surface area (Å²) in [4.78, 5) is 24.1. The van der Waals surface area contributed by atoms with E-state index in [1.165, 1.54) is 42.4 Å². The molecule has 1 fully saturated rings. The van der Waals surface area contributed by atoms with Crippen molar-refractivity contribution in [3.63, 3.8) is 0 Å². The van der Waals surface area contributed by atoms with Crippen LogP contribution in [-0.2, 0) is 4.79 Å². The molecular formula is C18H23N5O2S2. The lowest BCUT2D eigenvalue weighted by Gasteiger charge is -2.21. The molecule has 0 bridgehead atoms. The number of anilines is 2. The zero-order valence-corrected chi connectivity index (χ0v) is 16.7. The van der Waals surface area contributed by atoms with Crippen LogP contribution in [-0.4, -0.2) is 33.4 Å². The molecule has 1 heterocycles. The van der Waals surface area contributed by atoms with Gasteiger partial charge in [-0.25, -0.2) is 4.79 Å². The van der Waals surface area contributed by atoms with Crippen LogP contribution in [0.4, 0.5) is 15.6 Å². The van der Waals surface area contributed by atoms with Crippen LogP contribution in [0, 0.1) is 0 Å². The van der Waals surface area contributed by atoms with E-state index in [0.717, 1.165) is 18.0 Å². The van der Waals surface area contributed by atoms with Crippen LogP contribution in [0.3, 0.4) is 0 Å². The van der Waals surface area contributed by atoms with Gasteiger partial charge < -0.3 is 10.6 Å². The number of hydrogen-bond donors (Lipinski definition) is 3. The van der Waals surface area contributed by atoms with Gasteiger partial charge in [-0.2, -0.15) is 0 Å². The smallest absolute Gasteiger partial charge is 0.325 e. The molecule has 2 aromatic rings. The van der Waals surface area contributed by atoms with Crippen molar-refractivity contribution in [3.05, 3.63) is 30.3 Å². The average molecular weight is 406 g/mol. The van der Waals surface area contributed by atoms with Gasteiger partial charge in [0.15, 0.2) is 4.34 Å². The zero-order chi connectivity index (χ0) is 19.1. The van der Waals surface area contributed by atoms with Crippen LogP contribution in [0.2, 0.25) is 0 Å². The minimum absolute atomic E-state index is 0.370. The SMILES string of the molecule is CC(Sc1nnc(NC2CCCCC2)s1)C(=O)NC(=O)Nc1ccccc1. The maximum absolute atomic E-state index is 12.2. The molecule has 0 aliphatic heterocycles. The lowest BCUT2D eigenvalue weighted by Crippen LogP contribution is -2.38. The molecule has 1 saturated carbocycles. The summed E-state index contributed by atoms with van der Waals surface area (Å²) in [5.74, 6) is -0.370. The summed E-state index contributed by atoms with van der Waals surface area (Å²) in [6.07, 6.45) is 6.13. The van der Waals surface area contributed by atoms with Crippen LogP contribution < -0.4 is 16.0 Å². The highest BCUT2D eigenvalue weighted by molar-refractivity contribution is 8.02. The maximum Gasteiger partial charge on any atom is 0.325 e. The highest BCUT2D eigenvalue weighted by Crippen LogP contribution is 2.30. The molecule has 3 rings (SSSR count). The van der Waals surface area contributed by atoms with Crippen molar-refractivity contribution < 1.29 is 9.59 Å². The highest BCUT2D eigenvalue weighted by Gasteiger charge is 2.20. The van der Waals surface area contributed by atoms with Gasteiger partial charge in [0.25, 0.3) is 0 Å². The molecule has 1 atom stereocenters. The molecule has 1 aliphatic carbocycles. The first-order valence-electron chi connectivity index (χ1n) is 9.04. The summed E-state index contributed by atoms with van der Waals surface area (Å²) in [5, 5.41) is 17.0. The van der Waals surface area contributed by atoms with Gasteiger partial charge in [-0.3, -0.25) is 10.1 Å². The highest BCUT2D eigenvalue weighted by atomic mass is 32.2. The summed E-state index contributed by atoms with van der Waals surface area (Å²) in [5.41, 5.74) is 0.630. The van der Waals surface area contributed by atoms with Gasteiger partial charge in [0.1, 0.15) is 0 Å². The molecule has 0 saturated heterocycles. The molecule has 9 heteroatoms. The molecule has 0 radical (unpaired) electrons.